The van der Waals surface area contributed by atoms with E-state index in [0.29, 0.717) is 11.1 Å². The van der Waals surface area contributed by atoms with Crippen LogP contribution in [0.3, 0.4) is 0 Å². The first kappa shape index (κ1) is 22.2. The molecule has 3 aromatic rings. The van der Waals surface area contributed by atoms with Gasteiger partial charge in [0.15, 0.2) is 0 Å². The average Bonchev–Trinajstić information content (AvgIpc) is 2.77. The maximum atomic E-state index is 12.3. The van der Waals surface area contributed by atoms with Crippen LogP contribution in [0.5, 0.6) is 0 Å². The maximum absolute atomic E-state index is 12.3. The summed E-state index contributed by atoms with van der Waals surface area (Å²) >= 11 is 0. The van der Waals surface area contributed by atoms with E-state index in [1.807, 2.05) is 42.5 Å². The number of primary sulfonamides is 1. The first-order valence-corrected chi connectivity index (χ1v) is 11.1. The number of nitrogens with two attached hydrogens (primary N) is 1. The minimum atomic E-state index is -3.77. The van der Waals surface area contributed by atoms with Gasteiger partial charge in [-0.2, -0.15) is 0 Å². The van der Waals surface area contributed by atoms with E-state index < -0.39 is 10.0 Å². The molecule has 0 radical (unpaired) electrons. The smallest absolute Gasteiger partial charge is 0.251 e. The van der Waals surface area contributed by atoms with Crippen molar-refractivity contribution in [1.82, 2.24) is 10.6 Å². The van der Waals surface area contributed by atoms with Crippen molar-refractivity contribution < 1.29 is 18.0 Å². The van der Waals surface area contributed by atoms with Gasteiger partial charge in [-0.05, 0) is 47.9 Å². The van der Waals surface area contributed by atoms with Crippen molar-refractivity contribution in [2.24, 2.45) is 5.14 Å². The molecule has 0 bridgehead atoms. The van der Waals surface area contributed by atoms with E-state index in [4.69, 9.17) is 5.14 Å². The number of carbonyl (C=O) groups excluding carboxylic acids is 2. The van der Waals surface area contributed by atoms with Crippen molar-refractivity contribution >= 4 is 21.8 Å². The van der Waals surface area contributed by atoms with Gasteiger partial charge in [0.2, 0.25) is 15.9 Å². The lowest BCUT2D eigenvalue weighted by Gasteiger charge is -2.15. The third-order valence-corrected chi connectivity index (χ3v) is 5.68. The minimum Gasteiger partial charge on any atom is -0.348 e. The van der Waals surface area contributed by atoms with Gasteiger partial charge in [-0.1, -0.05) is 54.6 Å². The molecule has 0 aliphatic carbocycles. The lowest BCUT2D eigenvalue weighted by Crippen LogP contribution is -2.38. The van der Waals surface area contributed by atoms with Crippen molar-refractivity contribution in [3.05, 3.63) is 90.0 Å². The zero-order valence-electron chi connectivity index (χ0n) is 16.9. The third kappa shape index (κ3) is 6.00. The average molecular weight is 438 g/mol. The Balaban J connectivity index is 1.52. The van der Waals surface area contributed by atoms with E-state index in [0.717, 1.165) is 11.1 Å². The van der Waals surface area contributed by atoms with Gasteiger partial charge in [0.05, 0.1) is 17.5 Å². The number of hydrogen-bond acceptors (Lipinski definition) is 4. The molecule has 31 heavy (non-hydrogen) atoms. The quantitative estimate of drug-likeness (QED) is 0.526. The van der Waals surface area contributed by atoms with Gasteiger partial charge in [0.25, 0.3) is 5.91 Å². The Kier molecular flexibility index (Phi) is 6.84. The van der Waals surface area contributed by atoms with E-state index >= 15 is 0 Å². The molecule has 0 unspecified atom stereocenters. The van der Waals surface area contributed by atoms with Crippen molar-refractivity contribution in [3.63, 3.8) is 0 Å². The summed E-state index contributed by atoms with van der Waals surface area (Å²) < 4.78 is 22.6. The van der Waals surface area contributed by atoms with Gasteiger partial charge in [-0.25, -0.2) is 13.6 Å². The van der Waals surface area contributed by atoms with Crippen molar-refractivity contribution in [1.29, 1.82) is 0 Å². The molecule has 0 saturated heterocycles. The summed E-state index contributed by atoms with van der Waals surface area (Å²) in [7, 11) is -3.77. The molecular formula is C23H23N3O4S. The van der Waals surface area contributed by atoms with Crippen LogP contribution in [0.4, 0.5) is 0 Å². The molecule has 160 valence electrons. The number of rotatable bonds is 7. The second-order valence-electron chi connectivity index (χ2n) is 7.03. The van der Waals surface area contributed by atoms with E-state index in [1.165, 1.54) is 12.1 Å². The highest BCUT2D eigenvalue weighted by Crippen LogP contribution is 2.19. The second-order valence-corrected chi connectivity index (χ2v) is 8.59. The molecular weight excluding hydrogens is 414 g/mol. The fourth-order valence-electron chi connectivity index (χ4n) is 3.03. The monoisotopic (exact) mass is 437 g/mol. The van der Waals surface area contributed by atoms with Crippen LogP contribution in [0.15, 0.2) is 83.8 Å². The van der Waals surface area contributed by atoms with Gasteiger partial charge < -0.3 is 10.6 Å². The summed E-state index contributed by atoms with van der Waals surface area (Å²) in [6, 6.07) is 22.5. The van der Waals surface area contributed by atoms with E-state index in [2.05, 4.69) is 10.6 Å². The largest absolute Gasteiger partial charge is 0.348 e. The first-order valence-electron chi connectivity index (χ1n) is 9.60. The van der Waals surface area contributed by atoms with Crippen LogP contribution in [0.1, 0.15) is 28.9 Å². The van der Waals surface area contributed by atoms with E-state index in [-0.39, 0.29) is 29.3 Å². The molecule has 3 aromatic carbocycles. The van der Waals surface area contributed by atoms with E-state index in [1.54, 1.807) is 31.2 Å². The fraction of sp³-hybridized carbons (Fsp3) is 0.130. The summed E-state index contributed by atoms with van der Waals surface area (Å²) in [5.74, 6) is -0.711. The predicted molar refractivity (Wildman–Crippen MR) is 119 cm³/mol. The molecule has 0 spiro atoms. The number of nitrogens with one attached hydrogen (secondary N) is 2. The molecule has 3 rings (SSSR count). The van der Waals surface area contributed by atoms with Gasteiger partial charge >= 0.3 is 0 Å². The number of benzene rings is 3. The van der Waals surface area contributed by atoms with Gasteiger partial charge in [0, 0.05) is 5.56 Å². The maximum Gasteiger partial charge on any atom is 0.251 e. The topological polar surface area (TPSA) is 118 Å². The molecule has 0 saturated carbocycles. The summed E-state index contributed by atoms with van der Waals surface area (Å²) in [6.45, 7) is 1.58. The summed E-state index contributed by atoms with van der Waals surface area (Å²) in [4.78, 5) is 24.5. The Morgan fingerprint density at radius 1 is 0.871 bits per heavy atom. The van der Waals surface area contributed by atoms with Crippen molar-refractivity contribution in [2.45, 2.75) is 17.9 Å². The Labute approximate surface area is 181 Å². The van der Waals surface area contributed by atoms with Gasteiger partial charge in [-0.15, -0.1) is 0 Å². The van der Waals surface area contributed by atoms with Crippen LogP contribution in [0, 0.1) is 0 Å². The first-order chi connectivity index (χ1) is 14.7. The molecule has 8 heteroatoms. The molecule has 0 aliphatic rings. The Bertz CT molecular complexity index is 1160. The molecule has 1 atom stereocenters. The normalized spacial score (nSPS) is 12.1. The van der Waals surface area contributed by atoms with Gasteiger partial charge in [0.1, 0.15) is 0 Å². The van der Waals surface area contributed by atoms with Crippen LogP contribution in [-0.4, -0.2) is 26.8 Å². The van der Waals surface area contributed by atoms with Gasteiger partial charge in [-0.3, -0.25) is 9.59 Å². The molecule has 2 amide bonds. The fourth-order valence-corrected chi connectivity index (χ4v) is 3.54. The lowest BCUT2D eigenvalue weighted by atomic mass is 10.0. The van der Waals surface area contributed by atoms with Crippen LogP contribution >= 0.6 is 0 Å². The van der Waals surface area contributed by atoms with Crippen LogP contribution in [0.25, 0.3) is 11.1 Å². The lowest BCUT2D eigenvalue weighted by molar-refractivity contribution is -0.120. The van der Waals surface area contributed by atoms with Crippen LogP contribution in [-0.2, 0) is 14.8 Å². The van der Waals surface area contributed by atoms with Crippen LogP contribution < -0.4 is 15.8 Å². The number of amides is 2. The highest BCUT2D eigenvalue weighted by Gasteiger charge is 2.13. The Morgan fingerprint density at radius 2 is 1.45 bits per heavy atom. The molecule has 0 aromatic heterocycles. The second kappa shape index (κ2) is 9.55. The Morgan fingerprint density at radius 3 is 2.03 bits per heavy atom. The number of hydrogen-bond donors (Lipinski definition) is 3. The minimum absolute atomic E-state index is 0.000299. The predicted octanol–water partition coefficient (Wildman–Crippen LogP) is 2.61. The van der Waals surface area contributed by atoms with E-state index in [9.17, 15) is 18.0 Å². The number of carbonyl (C=O) groups is 2. The van der Waals surface area contributed by atoms with Crippen molar-refractivity contribution in [3.8, 4) is 11.1 Å². The molecule has 4 N–H and O–H groups in total. The standard InChI is InChI=1S/C23H23N3O4S/c1-16(17-11-13-21(14-12-17)31(24,29)30)26-22(27)15-25-23(28)20-9-7-19(8-10-20)18-5-3-2-4-6-18/h2-14,16H,15H2,1H3,(H,25,28)(H,26,27)(H2,24,29,30)/t16-/m0/s1. The molecule has 0 fully saturated rings. The third-order valence-electron chi connectivity index (χ3n) is 4.75. The SMILES string of the molecule is C[C@H](NC(=O)CNC(=O)c1ccc(-c2ccccc2)cc1)c1ccc(S(N)(=O)=O)cc1. The molecule has 0 aliphatic heterocycles. The van der Waals surface area contributed by atoms with Crippen LogP contribution in [0.2, 0.25) is 0 Å². The number of sulfonamides is 1. The Hall–Kier alpha value is -3.49. The zero-order chi connectivity index (χ0) is 22.4. The molecule has 7 nitrogen and oxygen atoms in total. The summed E-state index contributed by atoms with van der Waals surface area (Å²) in [5, 5.41) is 10.4. The summed E-state index contributed by atoms with van der Waals surface area (Å²) in [5.41, 5.74) is 3.22. The highest BCUT2D eigenvalue weighted by atomic mass is 32.2. The molecule has 0 heterocycles. The zero-order valence-corrected chi connectivity index (χ0v) is 17.7. The summed E-state index contributed by atoms with van der Waals surface area (Å²) in [6.07, 6.45) is 0. The van der Waals surface area contributed by atoms with Crippen molar-refractivity contribution in [2.75, 3.05) is 6.54 Å². The highest BCUT2D eigenvalue weighted by molar-refractivity contribution is 7.89.